The molecule has 5 rings (SSSR count). The number of fused-ring (bicyclic) bond motifs is 4. The van der Waals surface area contributed by atoms with Crippen molar-refractivity contribution >= 4 is 21.7 Å². The number of hydrogen-bond donors (Lipinski definition) is 2. The van der Waals surface area contributed by atoms with Crippen LogP contribution in [0.15, 0.2) is 77.7 Å². The lowest BCUT2D eigenvalue weighted by molar-refractivity contribution is 0.180. The van der Waals surface area contributed by atoms with Gasteiger partial charge in [0.25, 0.3) is 10.0 Å². The molecule has 0 saturated carbocycles. The third kappa shape index (κ3) is 5.61. The van der Waals surface area contributed by atoms with E-state index in [4.69, 9.17) is 4.74 Å². The van der Waals surface area contributed by atoms with Gasteiger partial charge in [-0.3, -0.25) is 0 Å². The van der Waals surface area contributed by atoms with Gasteiger partial charge in [-0.1, -0.05) is 69.3 Å². The lowest BCUT2D eigenvalue weighted by Gasteiger charge is -2.28. The number of sulfonamides is 1. The summed E-state index contributed by atoms with van der Waals surface area (Å²) < 4.78 is 35.7. The summed E-state index contributed by atoms with van der Waals surface area (Å²) in [4.78, 5) is 9.24. The molecule has 7 nitrogen and oxygen atoms in total. The number of nitrogens with one attached hydrogen (secondary N) is 2. The average molecular weight is 543 g/mol. The van der Waals surface area contributed by atoms with Crippen LogP contribution in [0.25, 0.3) is 11.3 Å². The van der Waals surface area contributed by atoms with Crippen molar-refractivity contribution in [3.05, 3.63) is 95.1 Å². The summed E-state index contributed by atoms with van der Waals surface area (Å²) in [6.45, 7) is 12.6. The molecule has 1 aliphatic heterocycles. The van der Waals surface area contributed by atoms with Crippen LogP contribution in [0.4, 0.5) is 11.6 Å². The third-order valence-electron chi connectivity index (χ3n) is 7.01. The number of aromatic nitrogens is 2. The lowest BCUT2D eigenvalue weighted by Crippen LogP contribution is -2.29. The SMILES string of the molecule is Cc1cccc(C)c1-c1cc2nc(n1)NS(=O)(=O)c1cccc(c1)N[C@@H](C)[C@H](c1ccc(C(C)(C)C)cc1)O2. The Labute approximate surface area is 230 Å². The minimum absolute atomic E-state index is 0.0230. The van der Waals surface area contributed by atoms with E-state index in [2.05, 4.69) is 65.0 Å². The van der Waals surface area contributed by atoms with E-state index in [0.717, 1.165) is 22.3 Å². The summed E-state index contributed by atoms with van der Waals surface area (Å²) in [5.41, 5.74) is 6.44. The highest BCUT2D eigenvalue weighted by molar-refractivity contribution is 7.92. The van der Waals surface area contributed by atoms with Crippen molar-refractivity contribution in [1.29, 1.82) is 0 Å². The molecular weight excluding hydrogens is 508 g/mol. The number of nitrogens with zero attached hydrogens (tertiary/aromatic N) is 2. The van der Waals surface area contributed by atoms with Crippen LogP contribution < -0.4 is 14.8 Å². The van der Waals surface area contributed by atoms with Crippen LogP contribution >= 0.6 is 0 Å². The van der Waals surface area contributed by atoms with E-state index < -0.39 is 16.1 Å². The summed E-state index contributed by atoms with van der Waals surface area (Å²) in [6, 6.07) is 22.7. The van der Waals surface area contributed by atoms with Crippen LogP contribution in [0.1, 0.15) is 56.1 Å². The van der Waals surface area contributed by atoms with Gasteiger partial charge in [-0.05, 0) is 66.6 Å². The third-order valence-corrected chi connectivity index (χ3v) is 8.34. The Bertz CT molecular complexity index is 1610. The molecule has 202 valence electrons. The van der Waals surface area contributed by atoms with E-state index in [0.29, 0.717) is 11.4 Å². The fourth-order valence-electron chi connectivity index (χ4n) is 4.91. The molecular formula is C31H34N4O3S. The fraction of sp³-hybridized carbons (Fsp3) is 0.290. The van der Waals surface area contributed by atoms with E-state index in [1.807, 2.05) is 45.0 Å². The van der Waals surface area contributed by atoms with Gasteiger partial charge in [0, 0.05) is 17.3 Å². The van der Waals surface area contributed by atoms with Gasteiger partial charge in [0.05, 0.1) is 16.6 Å². The number of hydrogen-bond acceptors (Lipinski definition) is 6. The van der Waals surface area contributed by atoms with E-state index in [1.165, 1.54) is 5.56 Å². The summed E-state index contributed by atoms with van der Waals surface area (Å²) in [5.74, 6) is 0.238. The number of aryl methyl sites for hydroxylation is 2. The summed E-state index contributed by atoms with van der Waals surface area (Å²) in [7, 11) is -3.94. The molecule has 39 heavy (non-hydrogen) atoms. The second-order valence-corrected chi connectivity index (χ2v) is 12.8. The minimum Gasteiger partial charge on any atom is -0.467 e. The average Bonchev–Trinajstić information content (AvgIpc) is 2.86. The fourth-order valence-corrected chi connectivity index (χ4v) is 5.90. The smallest absolute Gasteiger partial charge is 0.264 e. The Hall–Kier alpha value is -3.91. The second kappa shape index (κ2) is 10.0. The van der Waals surface area contributed by atoms with E-state index in [9.17, 15) is 8.42 Å². The van der Waals surface area contributed by atoms with Gasteiger partial charge >= 0.3 is 0 Å². The van der Waals surface area contributed by atoms with E-state index >= 15 is 0 Å². The Balaban J connectivity index is 1.68. The molecule has 2 heterocycles. The Morgan fingerprint density at radius 2 is 1.54 bits per heavy atom. The van der Waals surface area contributed by atoms with Crippen LogP contribution in [0.5, 0.6) is 5.88 Å². The molecule has 0 aliphatic carbocycles. The first-order chi connectivity index (χ1) is 18.4. The highest BCUT2D eigenvalue weighted by Crippen LogP contribution is 2.34. The van der Waals surface area contributed by atoms with Gasteiger partial charge in [-0.25, -0.2) is 18.1 Å². The summed E-state index contributed by atoms with van der Waals surface area (Å²) in [5, 5.41) is 3.44. The maximum atomic E-state index is 13.3. The highest BCUT2D eigenvalue weighted by Gasteiger charge is 2.27. The van der Waals surface area contributed by atoms with E-state index in [1.54, 1.807) is 24.3 Å². The monoisotopic (exact) mass is 542 g/mol. The van der Waals surface area contributed by atoms with Crippen molar-refractivity contribution in [1.82, 2.24) is 9.97 Å². The molecule has 0 spiro atoms. The summed E-state index contributed by atoms with van der Waals surface area (Å²) in [6.07, 6.45) is -0.424. The predicted molar refractivity (Wildman–Crippen MR) is 156 cm³/mol. The Kier molecular flexibility index (Phi) is 6.84. The molecule has 0 amide bonds. The zero-order chi connectivity index (χ0) is 27.9. The van der Waals surface area contributed by atoms with Crippen LogP contribution in [-0.2, 0) is 15.4 Å². The Morgan fingerprint density at radius 3 is 2.21 bits per heavy atom. The van der Waals surface area contributed by atoms with Crippen molar-refractivity contribution in [2.24, 2.45) is 0 Å². The standard InChI is InChI=1S/C31H34N4O3S/c1-19-9-7-10-20(2)28(19)26-18-27-34-30(33-26)35-39(36,37)25-12-8-11-24(17-25)32-21(3)29(38-27)22-13-15-23(16-14-22)31(4,5)6/h7-18,21,29,32H,1-6H3,(H,33,34,35)/t21-,29+/m0/s1. The maximum absolute atomic E-state index is 13.3. The molecule has 8 heteroatoms. The van der Waals surface area contributed by atoms with Gasteiger partial charge in [-0.2, -0.15) is 4.98 Å². The van der Waals surface area contributed by atoms with Crippen LogP contribution in [-0.4, -0.2) is 24.4 Å². The van der Waals surface area contributed by atoms with Gasteiger partial charge in [0.1, 0.15) is 6.10 Å². The van der Waals surface area contributed by atoms with Crippen LogP contribution in [0, 0.1) is 13.8 Å². The van der Waals surface area contributed by atoms with Gasteiger partial charge in [0.15, 0.2) is 0 Å². The molecule has 1 aliphatic rings. The van der Waals surface area contributed by atoms with Crippen LogP contribution in [0.2, 0.25) is 0 Å². The molecule has 1 aromatic heterocycles. The number of rotatable bonds is 2. The van der Waals surface area contributed by atoms with Crippen molar-refractivity contribution in [2.45, 2.75) is 64.0 Å². The van der Waals surface area contributed by atoms with Crippen molar-refractivity contribution in [3.8, 4) is 17.1 Å². The molecule has 4 aromatic rings. The number of anilines is 2. The maximum Gasteiger partial charge on any atom is 0.264 e. The molecule has 4 bridgehead atoms. The topological polar surface area (TPSA) is 93.2 Å². The zero-order valence-corrected chi connectivity index (χ0v) is 23.9. The van der Waals surface area contributed by atoms with Gasteiger partial charge in [-0.15, -0.1) is 0 Å². The number of ether oxygens (including phenoxy) is 1. The van der Waals surface area contributed by atoms with Gasteiger partial charge in [0.2, 0.25) is 11.8 Å². The largest absolute Gasteiger partial charge is 0.467 e. The predicted octanol–water partition coefficient (Wildman–Crippen LogP) is 6.79. The zero-order valence-electron chi connectivity index (χ0n) is 23.1. The molecule has 0 radical (unpaired) electrons. The number of benzene rings is 3. The van der Waals surface area contributed by atoms with Crippen molar-refractivity contribution in [3.63, 3.8) is 0 Å². The van der Waals surface area contributed by atoms with Crippen molar-refractivity contribution < 1.29 is 13.2 Å². The van der Waals surface area contributed by atoms with E-state index in [-0.39, 0.29) is 28.2 Å². The first kappa shape index (κ1) is 26.7. The second-order valence-electron chi connectivity index (χ2n) is 11.2. The minimum atomic E-state index is -3.94. The lowest BCUT2D eigenvalue weighted by atomic mass is 9.86. The van der Waals surface area contributed by atoms with Crippen LogP contribution in [0.3, 0.4) is 0 Å². The first-order valence-electron chi connectivity index (χ1n) is 13.0. The Morgan fingerprint density at radius 1 is 0.872 bits per heavy atom. The molecule has 0 fully saturated rings. The molecule has 2 atom stereocenters. The molecule has 3 aromatic carbocycles. The highest BCUT2D eigenvalue weighted by atomic mass is 32.2. The molecule has 0 unspecified atom stereocenters. The quantitative estimate of drug-likeness (QED) is 0.290. The summed E-state index contributed by atoms with van der Waals surface area (Å²) >= 11 is 0. The van der Waals surface area contributed by atoms with Gasteiger partial charge < -0.3 is 10.1 Å². The molecule has 0 saturated heterocycles. The normalized spacial score (nSPS) is 18.5. The van der Waals surface area contributed by atoms with Crippen molar-refractivity contribution in [2.75, 3.05) is 10.0 Å². The first-order valence-corrected chi connectivity index (χ1v) is 14.5. The molecule has 2 N–H and O–H groups in total.